The molecule has 0 bridgehead atoms. The molecule has 0 aliphatic carbocycles. The molecule has 0 N–H and O–H groups in total. The second kappa shape index (κ2) is 8.06. The average Bonchev–Trinajstić information content (AvgIpc) is 2.46. The molecule has 0 saturated carbocycles. The first kappa shape index (κ1) is 18.8. The number of aromatic nitrogens is 1. The number of hydrogen-bond donors (Lipinski definition) is 0. The number of piperidine rings is 1. The first-order valence-corrected chi connectivity index (χ1v) is 14.1. The second-order valence-electron chi connectivity index (χ2n) is 7.62. The van der Waals surface area contributed by atoms with Gasteiger partial charge >= 0.3 is 0 Å². The Morgan fingerprint density at radius 2 is 1.91 bits per heavy atom. The minimum absolute atomic E-state index is 0.622. The van der Waals surface area contributed by atoms with E-state index in [1.165, 1.54) is 19.3 Å². The van der Waals surface area contributed by atoms with E-state index in [0.29, 0.717) is 12.4 Å². The number of nitrogens with zero attached hydrogens (tertiary/aromatic N) is 2. The highest BCUT2D eigenvalue weighted by Gasteiger charge is 2.32. The zero-order chi connectivity index (χ0) is 16.9. The number of rotatable bonds is 7. The molecule has 0 amide bonds. The molecule has 0 spiro atoms. The SMILES string of the molecule is Cc1ccc(CCP(=O)(CN2CCCCC2)O[Si](C)(C)C)cn1. The summed E-state index contributed by atoms with van der Waals surface area (Å²) in [5, 5.41) is 0. The maximum atomic E-state index is 13.5. The molecule has 1 unspecified atom stereocenters. The average molecular weight is 355 g/mol. The van der Waals surface area contributed by atoms with Crippen LogP contribution in [0.15, 0.2) is 18.3 Å². The number of pyridine rings is 1. The first-order valence-electron chi connectivity index (χ1n) is 8.69. The standard InChI is InChI=1S/C17H31N2O2PSi/c1-16-8-9-17(14-18-16)10-13-22(20,21-23(2,3)4)15-19-11-6-5-7-12-19/h8-9,14H,5-7,10-13,15H2,1-4H3. The van der Waals surface area contributed by atoms with Crippen LogP contribution in [0.2, 0.25) is 19.6 Å². The van der Waals surface area contributed by atoms with Gasteiger partial charge in [0.1, 0.15) is 0 Å². The van der Waals surface area contributed by atoms with Gasteiger partial charge in [-0.15, -0.1) is 0 Å². The van der Waals surface area contributed by atoms with Gasteiger partial charge in [0.25, 0.3) is 0 Å². The summed E-state index contributed by atoms with van der Waals surface area (Å²) in [5.41, 5.74) is 2.16. The van der Waals surface area contributed by atoms with Crippen LogP contribution < -0.4 is 0 Å². The van der Waals surface area contributed by atoms with Crippen LogP contribution in [-0.2, 0) is 15.2 Å². The molecule has 0 radical (unpaired) electrons. The van der Waals surface area contributed by atoms with E-state index in [0.717, 1.165) is 30.8 Å². The van der Waals surface area contributed by atoms with Crippen LogP contribution in [0.25, 0.3) is 0 Å². The summed E-state index contributed by atoms with van der Waals surface area (Å²) in [4.78, 5) is 6.68. The third-order valence-electron chi connectivity index (χ3n) is 4.02. The summed E-state index contributed by atoms with van der Waals surface area (Å²) < 4.78 is 19.7. The first-order chi connectivity index (χ1) is 10.8. The summed E-state index contributed by atoms with van der Waals surface area (Å²) >= 11 is 0. The summed E-state index contributed by atoms with van der Waals surface area (Å²) in [7, 11) is -4.46. The zero-order valence-corrected chi connectivity index (χ0v) is 16.9. The predicted molar refractivity (Wildman–Crippen MR) is 99.9 cm³/mol. The topological polar surface area (TPSA) is 42.4 Å². The van der Waals surface area contributed by atoms with Crippen molar-refractivity contribution in [3.63, 3.8) is 0 Å². The van der Waals surface area contributed by atoms with E-state index in [1.54, 1.807) is 0 Å². The van der Waals surface area contributed by atoms with Crippen molar-refractivity contribution in [2.75, 3.05) is 25.5 Å². The molecular weight excluding hydrogens is 323 g/mol. The van der Waals surface area contributed by atoms with E-state index in [9.17, 15) is 4.57 Å². The fourth-order valence-corrected chi connectivity index (χ4v) is 9.22. The lowest BCUT2D eigenvalue weighted by atomic mass is 10.1. The highest BCUT2D eigenvalue weighted by atomic mass is 31.2. The Hall–Kier alpha value is -0.483. The number of likely N-dealkylation sites (tertiary alicyclic amines) is 1. The van der Waals surface area contributed by atoms with Crippen LogP contribution >= 0.6 is 7.37 Å². The van der Waals surface area contributed by atoms with Gasteiger partial charge in [-0.3, -0.25) is 14.4 Å². The largest absolute Gasteiger partial charge is 0.369 e. The molecule has 6 heteroatoms. The van der Waals surface area contributed by atoms with Crippen LogP contribution in [0.3, 0.4) is 0 Å². The molecule has 1 aromatic heterocycles. The van der Waals surface area contributed by atoms with Gasteiger partial charge in [0.2, 0.25) is 7.37 Å². The van der Waals surface area contributed by atoms with E-state index in [1.807, 2.05) is 19.2 Å². The van der Waals surface area contributed by atoms with Crippen molar-refractivity contribution in [3.05, 3.63) is 29.6 Å². The monoisotopic (exact) mass is 354 g/mol. The Balaban J connectivity index is 2.02. The van der Waals surface area contributed by atoms with Crippen molar-refractivity contribution < 1.29 is 8.78 Å². The Kier molecular flexibility index (Phi) is 6.61. The Labute approximate surface area is 142 Å². The normalized spacial score (nSPS) is 19.5. The van der Waals surface area contributed by atoms with Gasteiger partial charge in [-0.1, -0.05) is 12.5 Å². The molecule has 23 heavy (non-hydrogen) atoms. The molecule has 2 heterocycles. The van der Waals surface area contributed by atoms with Gasteiger partial charge in [-0.2, -0.15) is 0 Å². The Morgan fingerprint density at radius 3 is 2.48 bits per heavy atom. The molecule has 130 valence electrons. The maximum absolute atomic E-state index is 13.5. The minimum Gasteiger partial charge on any atom is -0.369 e. The van der Waals surface area contributed by atoms with Gasteiger partial charge in [0.15, 0.2) is 8.32 Å². The fraction of sp³-hybridized carbons (Fsp3) is 0.706. The van der Waals surface area contributed by atoms with Crippen molar-refractivity contribution >= 4 is 15.7 Å². The third-order valence-corrected chi connectivity index (χ3v) is 9.28. The molecule has 1 atom stereocenters. The lowest BCUT2D eigenvalue weighted by Gasteiger charge is -2.33. The number of aryl methyl sites for hydroxylation is 2. The Bertz CT molecular complexity index is 537. The van der Waals surface area contributed by atoms with E-state index < -0.39 is 15.7 Å². The minimum atomic E-state index is -2.63. The lowest BCUT2D eigenvalue weighted by molar-refractivity contribution is 0.254. The van der Waals surface area contributed by atoms with Crippen molar-refractivity contribution in [1.82, 2.24) is 9.88 Å². The van der Waals surface area contributed by atoms with Gasteiger partial charge < -0.3 is 4.21 Å². The molecule has 1 aromatic rings. The van der Waals surface area contributed by atoms with E-state index >= 15 is 0 Å². The number of hydrogen-bond acceptors (Lipinski definition) is 4. The summed E-state index contributed by atoms with van der Waals surface area (Å²) in [6.07, 6.45) is 7.65. The molecule has 1 fully saturated rings. The molecule has 2 rings (SSSR count). The van der Waals surface area contributed by atoms with Crippen molar-refractivity contribution in [2.24, 2.45) is 0 Å². The quantitative estimate of drug-likeness (QED) is 0.534. The van der Waals surface area contributed by atoms with Crippen LogP contribution in [-0.4, -0.2) is 43.7 Å². The van der Waals surface area contributed by atoms with Crippen molar-refractivity contribution in [2.45, 2.75) is 52.2 Å². The maximum Gasteiger partial charge on any atom is 0.207 e. The molecule has 0 aromatic carbocycles. The van der Waals surface area contributed by atoms with Crippen molar-refractivity contribution in [1.29, 1.82) is 0 Å². The predicted octanol–water partition coefficient (Wildman–Crippen LogP) is 4.51. The summed E-state index contributed by atoms with van der Waals surface area (Å²) in [6.45, 7) is 10.5. The van der Waals surface area contributed by atoms with Crippen LogP contribution in [0.1, 0.15) is 30.5 Å². The van der Waals surface area contributed by atoms with Gasteiger partial charge in [0.05, 0.1) is 6.29 Å². The lowest BCUT2D eigenvalue weighted by Crippen LogP contribution is -2.34. The summed E-state index contributed by atoms with van der Waals surface area (Å²) in [6, 6.07) is 4.10. The van der Waals surface area contributed by atoms with Crippen LogP contribution in [0, 0.1) is 6.92 Å². The molecule has 1 aliphatic rings. The van der Waals surface area contributed by atoms with Gasteiger partial charge in [-0.05, 0) is 70.5 Å². The van der Waals surface area contributed by atoms with E-state index in [2.05, 4.69) is 35.6 Å². The second-order valence-corrected chi connectivity index (χ2v) is 14.9. The smallest absolute Gasteiger partial charge is 0.207 e. The van der Waals surface area contributed by atoms with Crippen molar-refractivity contribution in [3.8, 4) is 0 Å². The third kappa shape index (κ3) is 6.88. The van der Waals surface area contributed by atoms with E-state index in [4.69, 9.17) is 4.21 Å². The molecular formula is C17H31N2O2PSi. The highest BCUT2D eigenvalue weighted by Crippen LogP contribution is 2.50. The summed E-state index contributed by atoms with van der Waals surface area (Å²) in [5.74, 6) is 0. The molecule has 1 saturated heterocycles. The molecule has 4 nitrogen and oxygen atoms in total. The highest BCUT2D eigenvalue weighted by molar-refractivity contribution is 7.60. The van der Waals surface area contributed by atoms with E-state index in [-0.39, 0.29) is 0 Å². The fourth-order valence-electron chi connectivity index (χ4n) is 3.00. The molecule has 1 aliphatic heterocycles. The van der Waals surface area contributed by atoms with Gasteiger partial charge in [0, 0.05) is 18.1 Å². The van der Waals surface area contributed by atoms with Crippen LogP contribution in [0.4, 0.5) is 0 Å². The zero-order valence-electron chi connectivity index (χ0n) is 15.0. The van der Waals surface area contributed by atoms with Gasteiger partial charge in [-0.25, -0.2) is 0 Å². The van der Waals surface area contributed by atoms with Crippen LogP contribution in [0.5, 0.6) is 0 Å². The Morgan fingerprint density at radius 1 is 1.22 bits per heavy atom.